The molecule has 1 aromatic heterocycles. The minimum atomic E-state index is -0.0333. The van der Waals surface area contributed by atoms with Gasteiger partial charge in [-0.1, -0.05) is 12.1 Å². The van der Waals surface area contributed by atoms with Gasteiger partial charge in [0.25, 0.3) is 0 Å². The first-order valence-corrected chi connectivity index (χ1v) is 4.93. The molecule has 0 bridgehead atoms. The minimum absolute atomic E-state index is 0.0224. The van der Waals surface area contributed by atoms with Gasteiger partial charge in [0.1, 0.15) is 5.58 Å². The molecular weight excluding hydrogens is 190 g/mol. The Morgan fingerprint density at radius 3 is 2.87 bits per heavy atom. The molecule has 78 valence electrons. The Morgan fingerprint density at radius 1 is 1.40 bits per heavy atom. The monoisotopic (exact) mass is 203 g/mol. The summed E-state index contributed by atoms with van der Waals surface area (Å²) in [4.78, 5) is 11.9. The molecule has 1 aromatic carbocycles. The molecule has 0 aliphatic carbocycles. The van der Waals surface area contributed by atoms with Crippen LogP contribution in [0.3, 0.4) is 0 Å². The molecule has 15 heavy (non-hydrogen) atoms. The number of benzene rings is 1. The summed E-state index contributed by atoms with van der Waals surface area (Å²) in [7, 11) is 0. The average Bonchev–Trinajstić information content (AvgIpc) is 2.22. The van der Waals surface area contributed by atoms with E-state index in [0.29, 0.717) is 23.0 Å². The molecule has 0 amide bonds. The highest BCUT2D eigenvalue weighted by atomic mass is 16.3. The lowest BCUT2D eigenvalue weighted by atomic mass is 10.1. The standard InChI is InChI=1S/C12H13NO2/c1-8(13)6-9-7-15-11-5-3-2-4-10(11)12(9)14/h2-5,7-8H,6,13H2,1H3. The van der Waals surface area contributed by atoms with Gasteiger partial charge in [0, 0.05) is 11.6 Å². The summed E-state index contributed by atoms with van der Waals surface area (Å²) in [6, 6.07) is 7.19. The van der Waals surface area contributed by atoms with E-state index in [-0.39, 0.29) is 11.5 Å². The molecule has 0 spiro atoms. The van der Waals surface area contributed by atoms with Gasteiger partial charge in [0.2, 0.25) is 0 Å². The molecular formula is C12H13NO2. The van der Waals surface area contributed by atoms with Crippen molar-refractivity contribution in [2.75, 3.05) is 0 Å². The van der Waals surface area contributed by atoms with Gasteiger partial charge in [0.05, 0.1) is 11.6 Å². The molecule has 1 unspecified atom stereocenters. The van der Waals surface area contributed by atoms with Crippen molar-refractivity contribution in [1.29, 1.82) is 0 Å². The zero-order valence-corrected chi connectivity index (χ0v) is 8.57. The van der Waals surface area contributed by atoms with Crippen molar-refractivity contribution >= 4 is 11.0 Å². The molecule has 1 heterocycles. The van der Waals surface area contributed by atoms with E-state index < -0.39 is 0 Å². The highest BCUT2D eigenvalue weighted by Crippen LogP contribution is 2.10. The van der Waals surface area contributed by atoms with E-state index >= 15 is 0 Å². The first-order chi connectivity index (χ1) is 7.18. The van der Waals surface area contributed by atoms with Crippen LogP contribution in [0, 0.1) is 0 Å². The van der Waals surface area contributed by atoms with Crippen LogP contribution in [0.5, 0.6) is 0 Å². The van der Waals surface area contributed by atoms with Crippen LogP contribution < -0.4 is 11.2 Å². The summed E-state index contributed by atoms with van der Waals surface area (Å²) in [5.74, 6) is 0. The number of nitrogens with two attached hydrogens (primary N) is 1. The molecule has 3 nitrogen and oxygen atoms in total. The summed E-state index contributed by atoms with van der Waals surface area (Å²) < 4.78 is 5.37. The summed E-state index contributed by atoms with van der Waals surface area (Å²) in [5, 5.41) is 0.621. The molecule has 0 saturated heterocycles. The third kappa shape index (κ3) is 1.92. The van der Waals surface area contributed by atoms with Crippen LogP contribution in [0.2, 0.25) is 0 Å². The molecule has 0 fully saturated rings. The van der Waals surface area contributed by atoms with Crippen LogP contribution in [-0.2, 0) is 6.42 Å². The van der Waals surface area contributed by atoms with Gasteiger partial charge < -0.3 is 10.2 Å². The Bertz CT molecular complexity index is 528. The van der Waals surface area contributed by atoms with E-state index in [0.717, 1.165) is 0 Å². The minimum Gasteiger partial charge on any atom is -0.464 e. The van der Waals surface area contributed by atoms with Crippen molar-refractivity contribution < 1.29 is 4.42 Å². The highest BCUT2D eigenvalue weighted by molar-refractivity contribution is 5.76. The topological polar surface area (TPSA) is 56.2 Å². The molecule has 0 radical (unpaired) electrons. The number of fused-ring (bicyclic) bond motifs is 1. The molecule has 0 saturated carbocycles. The van der Waals surface area contributed by atoms with Crippen LogP contribution in [0.1, 0.15) is 12.5 Å². The molecule has 2 N–H and O–H groups in total. The number of hydrogen-bond donors (Lipinski definition) is 1. The van der Waals surface area contributed by atoms with Crippen molar-refractivity contribution in [3.05, 3.63) is 46.3 Å². The van der Waals surface area contributed by atoms with Gasteiger partial charge in [0.15, 0.2) is 5.43 Å². The highest BCUT2D eigenvalue weighted by Gasteiger charge is 2.07. The third-order valence-corrected chi connectivity index (χ3v) is 2.29. The fourth-order valence-electron chi connectivity index (χ4n) is 1.61. The largest absolute Gasteiger partial charge is 0.464 e. The smallest absolute Gasteiger partial charge is 0.195 e. The van der Waals surface area contributed by atoms with E-state index in [9.17, 15) is 4.79 Å². The van der Waals surface area contributed by atoms with Crippen molar-refractivity contribution in [2.24, 2.45) is 5.73 Å². The maximum atomic E-state index is 11.9. The number of para-hydroxylation sites is 1. The van der Waals surface area contributed by atoms with Crippen molar-refractivity contribution in [2.45, 2.75) is 19.4 Å². The summed E-state index contributed by atoms with van der Waals surface area (Å²) in [6.45, 7) is 1.87. The Morgan fingerprint density at radius 2 is 2.13 bits per heavy atom. The first kappa shape index (κ1) is 9.93. The van der Waals surface area contributed by atoms with E-state index in [2.05, 4.69) is 0 Å². The van der Waals surface area contributed by atoms with Crippen LogP contribution >= 0.6 is 0 Å². The van der Waals surface area contributed by atoms with E-state index in [1.807, 2.05) is 19.1 Å². The fourth-order valence-corrected chi connectivity index (χ4v) is 1.61. The molecule has 3 heteroatoms. The Labute approximate surface area is 87.5 Å². The van der Waals surface area contributed by atoms with Gasteiger partial charge in [-0.3, -0.25) is 4.79 Å². The molecule has 2 aromatic rings. The normalized spacial score (nSPS) is 12.9. The van der Waals surface area contributed by atoms with Gasteiger partial charge >= 0.3 is 0 Å². The lowest BCUT2D eigenvalue weighted by Crippen LogP contribution is -2.22. The predicted molar refractivity (Wildman–Crippen MR) is 59.8 cm³/mol. The molecule has 0 aliphatic rings. The Balaban J connectivity index is 2.60. The predicted octanol–water partition coefficient (Wildman–Crippen LogP) is 1.68. The van der Waals surface area contributed by atoms with Crippen LogP contribution in [-0.4, -0.2) is 6.04 Å². The Kier molecular flexibility index (Phi) is 2.56. The average molecular weight is 203 g/mol. The molecule has 1 atom stereocenters. The van der Waals surface area contributed by atoms with E-state index in [1.165, 1.54) is 6.26 Å². The lowest BCUT2D eigenvalue weighted by molar-refractivity contribution is 0.585. The maximum Gasteiger partial charge on any atom is 0.195 e. The number of hydrogen-bond acceptors (Lipinski definition) is 3. The van der Waals surface area contributed by atoms with E-state index in [4.69, 9.17) is 10.2 Å². The zero-order valence-electron chi connectivity index (χ0n) is 8.57. The quantitative estimate of drug-likeness (QED) is 0.807. The van der Waals surface area contributed by atoms with Crippen LogP contribution in [0.25, 0.3) is 11.0 Å². The Hall–Kier alpha value is -1.61. The first-order valence-electron chi connectivity index (χ1n) is 4.93. The summed E-state index contributed by atoms with van der Waals surface area (Å²) in [6.07, 6.45) is 2.06. The fraction of sp³-hybridized carbons (Fsp3) is 0.250. The SMILES string of the molecule is CC(N)Cc1coc2ccccc2c1=O. The van der Waals surface area contributed by atoms with Crippen molar-refractivity contribution in [3.63, 3.8) is 0 Å². The second kappa shape index (κ2) is 3.87. The van der Waals surface area contributed by atoms with Crippen LogP contribution in [0.4, 0.5) is 0 Å². The molecule has 2 rings (SSSR count). The van der Waals surface area contributed by atoms with E-state index in [1.54, 1.807) is 12.1 Å². The van der Waals surface area contributed by atoms with Gasteiger partial charge in [-0.15, -0.1) is 0 Å². The molecule has 0 aliphatic heterocycles. The van der Waals surface area contributed by atoms with Gasteiger partial charge in [-0.25, -0.2) is 0 Å². The zero-order chi connectivity index (χ0) is 10.8. The lowest BCUT2D eigenvalue weighted by Gasteiger charge is -2.04. The number of rotatable bonds is 2. The summed E-state index contributed by atoms with van der Waals surface area (Å²) in [5.41, 5.74) is 6.94. The third-order valence-electron chi connectivity index (χ3n) is 2.29. The van der Waals surface area contributed by atoms with Crippen molar-refractivity contribution in [1.82, 2.24) is 0 Å². The second-order valence-electron chi connectivity index (χ2n) is 3.77. The van der Waals surface area contributed by atoms with Crippen molar-refractivity contribution in [3.8, 4) is 0 Å². The van der Waals surface area contributed by atoms with Crippen LogP contribution in [0.15, 0.2) is 39.7 Å². The second-order valence-corrected chi connectivity index (χ2v) is 3.77. The maximum absolute atomic E-state index is 11.9. The van der Waals surface area contributed by atoms with Gasteiger partial charge in [-0.05, 0) is 25.5 Å². The van der Waals surface area contributed by atoms with Gasteiger partial charge in [-0.2, -0.15) is 0 Å². The summed E-state index contributed by atoms with van der Waals surface area (Å²) >= 11 is 0.